The van der Waals surface area contributed by atoms with Crippen LogP contribution in [0.15, 0.2) is 42.5 Å². The lowest BCUT2D eigenvalue weighted by Gasteiger charge is -2.11. The number of hydrogen-bond donors (Lipinski definition) is 0. The number of halogens is 1. The molecule has 2 aromatic rings. The molecule has 0 saturated carbocycles. The van der Waals surface area contributed by atoms with E-state index in [2.05, 4.69) is 6.07 Å². The Balaban J connectivity index is 2.43. The van der Waals surface area contributed by atoms with Crippen LogP contribution in [0.3, 0.4) is 0 Å². The maximum absolute atomic E-state index is 10.8. The predicted octanol–water partition coefficient (Wildman–Crippen LogP) is 4.21. The maximum Gasteiger partial charge on any atom is 0.272 e. The molecule has 2 rings (SSSR count). The number of hydrogen-bond acceptors (Lipinski definition) is 3. The van der Waals surface area contributed by atoms with Crippen molar-refractivity contribution in [2.45, 2.75) is 12.8 Å². The SMILES string of the molecule is Cc1cc(C(C#N)c2ccc(Cl)cc2)ccc1[N+](=O)[O-]. The minimum Gasteiger partial charge on any atom is -0.258 e. The fourth-order valence-electron chi connectivity index (χ4n) is 2.06. The Labute approximate surface area is 121 Å². The van der Waals surface area contributed by atoms with Crippen molar-refractivity contribution >= 4 is 17.3 Å². The van der Waals surface area contributed by atoms with Crippen molar-refractivity contribution in [3.63, 3.8) is 0 Å². The molecule has 0 aliphatic carbocycles. The van der Waals surface area contributed by atoms with Gasteiger partial charge in [0.15, 0.2) is 0 Å². The summed E-state index contributed by atoms with van der Waals surface area (Å²) in [7, 11) is 0. The minimum atomic E-state index is -0.466. The van der Waals surface area contributed by atoms with E-state index in [-0.39, 0.29) is 5.69 Å². The third-order valence-electron chi connectivity index (χ3n) is 3.08. The molecule has 0 fully saturated rings. The van der Waals surface area contributed by atoms with Gasteiger partial charge in [-0.15, -0.1) is 0 Å². The molecule has 0 saturated heterocycles. The first-order valence-corrected chi connectivity index (χ1v) is 6.30. The van der Waals surface area contributed by atoms with Gasteiger partial charge in [0.1, 0.15) is 0 Å². The van der Waals surface area contributed by atoms with E-state index < -0.39 is 10.8 Å². The first-order valence-electron chi connectivity index (χ1n) is 5.93. The standard InChI is InChI=1S/C15H11ClN2O2/c1-10-8-12(4-7-15(10)18(19)20)14(9-17)11-2-5-13(16)6-3-11/h2-8,14H,1H3. The third-order valence-corrected chi connectivity index (χ3v) is 3.34. The summed E-state index contributed by atoms with van der Waals surface area (Å²) in [4.78, 5) is 10.4. The highest BCUT2D eigenvalue weighted by atomic mass is 35.5. The Bertz CT molecular complexity index is 690. The van der Waals surface area contributed by atoms with E-state index in [1.54, 1.807) is 43.3 Å². The number of nitro groups is 1. The number of nitro benzene ring substituents is 1. The Kier molecular flexibility index (Phi) is 4.02. The van der Waals surface area contributed by atoms with Crippen LogP contribution in [-0.2, 0) is 0 Å². The molecule has 0 amide bonds. The van der Waals surface area contributed by atoms with Crippen LogP contribution in [0.25, 0.3) is 0 Å². The molecule has 0 bridgehead atoms. The molecule has 0 aliphatic heterocycles. The van der Waals surface area contributed by atoms with Crippen molar-refractivity contribution in [3.8, 4) is 6.07 Å². The van der Waals surface area contributed by atoms with Gasteiger partial charge in [0.25, 0.3) is 5.69 Å². The van der Waals surface area contributed by atoms with Gasteiger partial charge in [-0.25, -0.2) is 0 Å². The largest absolute Gasteiger partial charge is 0.272 e. The molecular formula is C15H11ClN2O2. The van der Waals surface area contributed by atoms with Gasteiger partial charge >= 0.3 is 0 Å². The minimum absolute atomic E-state index is 0.0570. The van der Waals surface area contributed by atoms with Crippen LogP contribution in [0.1, 0.15) is 22.6 Å². The van der Waals surface area contributed by atoms with Gasteiger partial charge in [-0.1, -0.05) is 29.8 Å². The average molecular weight is 287 g/mol. The van der Waals surface area contributed by atoms with E-state index in [9.17, 15) is 15.4 Å². The van der Waals surface area contributed by atoms with Crippen LogP contribution in [-0.4, -0.2) is 4.92 Å². The van der Waals surface area contributed by atoms with Gasteiger partial charge < -0.3 is 0 Å². The summed E-state index contributed by atoms with van der Waals surface area (Å²) in [6.45, 7) is 1.66. The molecule has 1 atom stereocenters. The summed E-state index contributed by atoms with van der Waals surface area (Å²) in [5.74, 6) is -0.466. The molecule has 0 N–H and O–H groups in total. The summed E-state index contributed by atoms with van der Waals surface area (Å²) in [5.41, 5.74) is 2.14. The Morgan fingerprint density at radius 1 is 1.20 bits per heavy atom. The number of rotatable bonds is 3. The van der Waals surface area contributed by atoms with Crippen LogP contribution >= 0.6 is 11.6 Å². The fourth-order valence-corrected chi connectivity index (χ4v) is 2.19. The zero-order valence-corrected chi connectivity index (χ0v) is 11.5. The first-order chi connectivity index (χ1) is 9.52. The first kappa shape index (κ1) is 14.0. The van der Waals surface area contributed by atoms with Crippen LogP contribution < -0.4 is 0 Å². The van der Waals surface area contributed by atoms with Crippen molar-refractivity contribution in [1.82, 2.24) is 0 Å². The molecule has 1 unspecified atom stereocenters. The van der Waals surface area contributed by atoms with Gasteiger partial charge in [-0.3, -0.25) is 10.1 Å². The Hall–Kier alpha value is -2.38. The highest BCUT2D eigenvalue weighted by Gasteiger charge is 2.17. The molecule has 0 aromatic heterocycles. The number of nitriles is 1. The molecule has 4 nitrogen and oxygen atoms in total. The van der Waals surface area contributed by atoms with Crippen LogP contribution in [0.4, 0.5) is 5.69 Å². The second-order valence-corrected chi connectivity index (χ2v) is 4.85. The van der Waals surface area contributed by atoms with Crippen LogP contribution in [0.5, 0.6) is 0 Å². The highest BCUT2D eigenvalue weighted by Crippen LogP contribution is 2.28. The van der Waals surface area contributed by atoms with Gasteiger partial charge in [0.05, 0.1) is 16.9 Å². The second-order valence-electron chi connectivity index (χ2n) is 4.42. The predicted molar refractivity (Wildman–Crippen MR) is 76.7 cm³/mol. The molecule has 0 radical (unpaired) electrons. The summed E-state index contributed by atoms with van der Waals surface area (Å²) in [6.07, 6.45) is 0. The van der Waals surface area contributed by atoms with E-state index in [1.807, 2.05) is 0 Å². The zero-order chi connectivity index (χ0) is 14.7. The highest BCUT2D eigenvalue weighted by molar-refractivity contribution is 6.30. The van der Waals surface area contributed by atoms with Crippen LogP contribution in [0, 0.1) is 28.4 Å². The second kappa shape index (κ2) is 5.72. The van der Waals surface area contributed by atoms with Gasteiger partial charge in [0.2, 0.25) is 0 Å². The van der Waals surface area contributed by atoms with Crippen molar-refractivity contribution in [2.24, 2.45) is 0 Å². The van der Waals surface area contributed by atoms with Gasteiger partial charge in [0, 0.05) is 16.7 Å². The lowest BCUT2D eigenvalue weighted by atomic mass is 9.91. The molecule has 2 aromatic carbocycles. The maximum atomic E-state index is 10.8. The van der Waals surface area contributed by atoms with Crippen molar-refractivity contribution in [2.75, 3.05) is 0 Å². The molecule has 20 heavy (non-hydrogen) atoms. The Morgan fingerprint density at radius 3 is 2.30 bits per heavy atom. The lowest BCUT2D eigenvalue weighted by Crippen LogP contribution is -2.00. The van der Waals surface area contributed by atoms with Gasteiger partial charge in [-0.05, 0) is 36.2 Å². The molecule has 0 heterocycles. The number of benzene rings is 2. The molecular weight excluding hydrogens is 276 g/mol. The van der Waals surface area contributed by atoms with Crippen molar-refractivity contribution < 1.29 is 4.92 Å². The normalized spacial score (nSPS) is 11.7. The van der Waals surface area contributed by atoms with Crippen molar-refractivity contribution in [1.29, 1.82) is 5.26 Å². The number of nitrogens with zero attached hydrogens (tertiary/aromatic N) is 2. The molecule has 0 spiro atoms. The topological polar surface area (TPSA) is 66.9 Å². The molecule has 0 aliphatic rings. The van der Waals surface area contributed by atoms with E-state index in [4.69, 9.17) is 11.6 Å². The summed E-state index contributed by atoms with van der Waals surface area (Å²) >= 11 is 5.83. The molecule has 5 heteroatoms. The monoisotopic (exact) mass is 286 g/mol. The van der Waals surface area contributed by atoms with Crippen molar-refractivity contribution in [3.05, 3.63) is 74.3 Å². The van der Waals surface area contributed by atoms with E-state index in [1.165, 1.54) is 6.07 Å². The van der Waals surface area contributed by atoms with E-state index in [0.717, 1.165) is 11.1 Å². The number of aryl methyl sites for hydroxylation is 1. The van der Waals surface area contributed by atoms with E-state index in [0.29, 0.717) is 10.6 Å². The fraction of sp³-hybridized carbons (Fsp3) is 0.133. The van der Waals surface area contributed by atoms with Gasteiger partial charge in [-0.2, -0.15) is 5.26 Å². The smallest absolute Gasteiger partial charge is 0.258 e. The van der Waals surface area contributed by atoms with E-state index >= 15 is 0 Å². The Morgan fingerprint density at radius 2 is 1.80 bits per heavy atom. The zero-order valence-electron chi connectivity index (χ0n) is 10.7. The van der Waals surface area contributed by atoms with Crippen LogP contribution in [0.2, 0.25) is 5.02 Å². The summed E-state index contributed by atoms with van der Waals surface area (Å²) < 4.78 is 0. The summed E-state index contributed by atoms with van der Waals surface area (Å²) in [6, 6.07) is 14.0. The molecule has 100 valence electrons. The quantitative estimate of drug-likeness (QED) is 0.627. The third kappa shape index (κ3) is 2.79. The average Bonchev–Trinajstić information content (AvgIpc) is 2.41. The lowest BCUT2D eigenvalue weighted by molar-refractivity contribution is -0.385. The summed E-state index contributed by atoms with van der Waals surface area (Å²) in [5, 5.41) is 20.8.